The minimum atomic E-state index is -0.339. The highest BCUT2D eigenvalue weighted by molar-refractivity contribution is 7.14. The van der Waals surface area contributed by atoms with Crippen LogP contribution in [0.2, 0.25) is 0 Å². The summed E-state index contributed by atoms with van der Waals surface area (Å²) in [5, 5.41) is 5.10. The summed E-state index contributed by atoms with van der Waals surface area (Å²) in [5.41, 5.74) is 1.81. The highest BCUT2D eigenvalue weighted by atomic mass is 32.1. The van der Waals surface area contributed by atoms with Gasteiger partial charge in [-0.05, 0) is 30.3 Å². The van der Waals surface area contributed by atoms with Crippen LogP contribution in [-0.4, -0.2) is 39.3 Å². The number of amides is 1. The zero-order valence-electron chi connectivity index (χ0n) is 15.9. The molecule has 0 bridgehead atoms. The number of nitrogens with zero attached hydrogens (tertiary/aromatic N) is 1. The fourth-order valence-corrected chi connectivity index (χ4v) is 3.41. The number of hydrogen-bond donors (Lipinski definition) is 1. The molecule has 0 saturated carbocycles. The first-order valence-electron chi connectivity index (χ1n) is 8.31. The molecular weight excluding hydrogens is 380 g/mol. The summed E-state index contributed by atoms with van der Waals surface area (Å²) >= 11 is 1.31. The molecule has 28 heavy (non-hydrogen) atoms. The summed E-state index contributed by atoms with van der Waals surface area (Å²) in [6.07, 6.45) is 0. The number of methoxy groups -OCH3 is 4. The predicted molar refractivity (Wildman–Crippen MR) is 108 cm³/mol. The zero-order chi connectivity index (χ0) is 20.1. The normalized spacial score (nSPS) is 10.3. The van der Waals surface area contributed by atoms with Gasteiger partial charge in [-0.25, -0.2) is 4.98 Å². The van der Waals surface area contributed by atoms with E-state index < -0.39 is 0 Å². The van der Waals surface area contributed by atoms with E-state index in [0.717, 1.165) is 5.56 Å². The van der Waals surface area contributed by atoms with E-state index in [1.165, 1.54) is 25.6 Å². The Kier molecular flexibility index (Phi) is 6.00. The van der Waals surface area contributed by atoms with Gasteiger partial charge in [0.1, 0.15) is 11.5 Å². The van der Waals surface area contributed by atoms with E-state index in [2.05, 4.69) is 10.3 Å². The summed E-state index contributed by atoms with van der Waals surface area (Å²) in [4.78, 5) is 17.2. The fraction of sp³-hybridized carbons (Fsp3) is 0.200. The topological polar surface area (TPSA) is 78.9 Å². The van der Waals surface area contributed by atoms with Gasteiger partial charge in [-0.15, -0.1) is 11.3 Å². The van der Waals surface area contributed by atoms with Crippen molar-refractivity contribution in [3.63, 3.8) is 0 Å². The fourth-order valence-electron chi connectivity index (χ4n) is 2.70. The van der Waals surface area contributed by atoms with E-state index in [1.807, 2.05) is 23.6 Å². The van der Waals surface area contributed by atoms with Gasteiger partial charge < -0.3 is 18.9 Å². The number of thiazole rings is 1. The highest BCUT2D eigenvalue weighted by Crippen LogP contribution is 2.36. The number of ether oxygens (including phenoxy) is 4. The first kappa shape index (κ1) is 19.5. The molecule has 0 saturated heterocycles. The SMILES string of the molecule is COc1ccc(OC)c(-c2csc(NC(=O)c3cccc(OC)c3OC)n2)c1. The second-order valence-corrected chi connectivity index (χ2v) is 6.46. The van der Waals surface area contributed by atoms with Crippen LogP contribution in [0, 0.1) is 0 Å². The molecule has 1 N–H and O–H groups in total. The van der Waals surface area contributed by atoms with Gasteiger partial charge in [-0.1, -0.05) is 6.07 Å². The Morgan fingerprint density at radius 1 is 0.964 bits per heavy atom. The van der Waals surface area contributed by atoms with Crippen molar-refractivity contribution in [3.8, 4) is 34.3 Å². The van der Waals surface area contributed by atoms with Gasteiger partial charge in [0.15, 0.2) is 16.6 Å². The van der Waals surface area contributed by atoms with Crippen molar-refractivity contribution in [2.45, 2.75) is 0 Å². The Balaban J connectivity index is 1.87. The third kappa shape index (κ3) is 3.86. The molecule has 0 aliphatic heterocycles. The van der Waals surface area contributed by atoms with Crippen LogP contribution < -0.4 is 24.3 Å². The maximum absolute atomic E-state index is 12.7. The minimum absolute atomic E-state index is 0.339. The van der Waals surface area contributed by atoms with Gasteiger partial charge in [0.2, 0.25) is 0 Å². The molecule has 3 rings (SSSR count). The van der Waals surface area contributed by atoms with Crippen LogP contribution in [0.4, 0.5) is 5.13 Å². The van der Waals surface area contributed by atoms with Crippen LogP contribution in [0.5, 0.6) is 23.0 Å². The number of anilines is 1. The summed E-state index contributed by atoms with van der Waals surface area (Å²) in [7, 11) is 6.20. The summed E-state index contributed by atoms with van der Waals surface area (Å²) in [6, 6.07) is 10.6. The largest absolute Gasteiger partial charge is 0.497 e. The Morgan fingerprint density at radius 3 is 2.43 bits per heavy atom. The molecule has 1 amide bonds. The van der Waals surface area contributed by atoms with E-state index in [1.54, 1.807) is 32.4 Å². The molecule has 3 aromatic rings. The number of hydrogen-bond acceptors (Lipinski definition) is 7. The van der Waals surface area contributed by atoms with Crippen molar-refractivity contribution in [2.24, 2.45) is 0 Å². The third-order valence-corrected chi connectivity index (χ3v) is 4.81. The zero-order valence-corrected chi connectivity index (χ0v) is 16.8. The van der Waals surface area contributed by atoms with Crippen molar-refractivity contribution in [2.75, 3.05) is 33.8 Å². The lowest BCUT2D eigenvalue weighted by Crippen LogP contribution is -2.13. The lowest BCUT2D eigenvalue weighted by molar-refractivity contribution is 0.102. The van der Waals surface area contributed by atoms with Gasteiger partial charge in [0.05, 0.1) is 39.7 Å². The molecule has 0 aliphatic rings. The van der Waals surface area contributed by atoms with Crippen molar-refractivity contribution in [1.82, 2.24) is 4.98 Å². The van der Waals surface area contributed by atoms with Gasteiger partial charge in [-0.3, -0.25) is 10.1 Å². The average Bonchev–Trinajstić information content (AvgIpc) is 3.20. The second-order valence-electron chi connectivity index (χ2n) is 5.60. The van der Waals surface area contributed by atoms with Crippen molar-refractivity contribution in [1.29, 1.82) is 0 Å². The van der Waals surface area contributed by atoms with E-state index in [9.17, 15) is 4.79 Å². The molecular formula is C20H20N2O5S. The van der Waals surface area contributed by atoms with E-state index in [4.69, 9.17) is 18.9 Å². The van der Waals surface area contributed by atoms with Crippen LogP contribution in [-0.2, 0) is 0 Å². The molecule has 0 atom stereocenters. The molecule has 1 aromatic heterocycles. The van der Waals surface area contributed by atoms with E-state index in [0.29, 0.717) is 39.4 Å². The molecule has 0 aliphatic carbocycles. The molecule has 7 nitrogen and oxygen atoms in total. The first-order chi connectivity index (χ1) is 13.6. The molecule has 8 heteroatoms. The lowest BCUT2D eigenvalue weighted by Gasteiger charge is -2.11. The molecule has 2 aromatic carbocycles. The standard InChI is InChI=1S/C20H20N2O5S/c1-24-12-8-9-16(25-2)14(10-12)15-11-28-20(21-15)22-19(23)13-6-5-7-17(26-3)18(13)27-4/h5-11H,1-4H3,(H,21,22,23). The summed E-state index contributed by atoms with van der Waals surface area (Å²) in [6.45, 7) is 0. The van der Waals surface area contributed by atoms with Crippen molar-refractivity contribution < 1.29 is 23.7 Å². The number of aromatic nitrogens is 1. The first-order valence-corrected chi connectivity index (χ1v) is 9.19. The Hall–Kier alpha value is -3.26. The third-order valence-electron chi connectivity index (χ3n) is 4.05. The van der Waals surface area contributed by atoms with Crippen LogP contribution in [0.3, 0.4) is 0 Å². The van der Waals surface area contributed by atoms with Crippen LogP contribution in [0.25, 0.3) is 11.3 Å². The van der Waals surface area contributed by atoms with Gasteiger partial charge in [-0.2, -0.15) is 0 Å². The van der Waals surface area contributed by atoms with Crippen LogP contribution in [0.15, 0.2) is 41.8 Å². The monoisotopic (exact) mass is 400 g/mol. The average molecular weight is 400 g/mol. The quantitative estimate of drug-likeness (QED) is 0.643. The number of para-hydroxylation sites is 1. The molecule has 0 unspecified atom stereocenters. The number of nitrogens with one attached hydrogen (secondary N) is 1. The predicted octanol–water partition coefficient (Wildman–Crippen LogP) is 4.10. The Labute approximate surface area is 166 Å². The Morgan fingerprint density at radius 2 is 1.75 bits per heavy atom. The molecule has 0 fully saturated rings. The van der Waals surface area contributed by atoms with Gasteiger partial charge in [0.25, 0.3) is 5.91 Å². The van der Waals surface area contributed by atoms with Crippen LogP contribution in [0.1, 0.15) is 10.4 Å². The number of carbonyl (C=O) groups excluding carboxylic acids is 1. The summed E-state index contributed by atoms with van der Waals surface area (Å²) in [5.74, 6) is 1.87. The maximum Gasteiger partial charge on any atom is 0.261 e. The van der Waals surface area contributed by atoms with Crippen molar-refractivity contribution >= 4 is 22.4 Å². The van der Waals surface area contributed by atoms with Gasteiger partial charge in [0, 0.05) is 10.9 Å². The molecule has 1 heterocycles. The van der Waals surface area contributed by atoms with E-state index in [-0.39, 0.29) is 5.91 Å². The van der Waals surface area contributed by atoms with Crippen LogP contribution >= 0.6 is 11.3 Å². The second kappa shape index (κ2) is 8.62. The number of benzene rings is 2. The van der Waals surface area contributed by atoms with E-state index >= 15 is 0 Å². The molecule has 146 valence electrons. The summed E-state index contributed by atoms with van der Waals surface area (Å²) < 4.78 is 21.2. The highest BCUT2D eigenvalue weighted by Gasteiger charge is 2.18. The minimum Gasteiger partial charge on any atom is -0.497 e. The lowest BCUT2D eigenvalue weighted by atomic mass is 10.1. The molecule has 0 spiro atoms. The number of carbonyl (C=O) groups is 1. The number of rotatable bonds is 7. The van der Waals surface area contributed by atoms with Crippen molar-refractivity contribution in [3.05, 3.63) is 47.3 Å². The molecule has 0 radical (unpaired) electrons. The smallest absolute Gasteiger partial charge is 0.261 e. The maximum atomic E-state index is 12.7. The Bertz CT molecular complexity index is 986. The van der Waals surface area contributed by atoms with Gasteiger partial charge >= 0.3 is 0 Å².